The molecule has 5 N–H and O–H groups in total. The molecule has 2 heterocycles. The number of carbonyl (C=O) groups is 2. The Balaban J connectivity index is 1.22. The highest BCUT2D eigenvalue weighted by atomic mass is 16.7. The average Bonchev–Trinajstić information content (AvgIpc) is 3.45. The highest BCUT2D eigenvalue weighted by Crippen LogP contribution is 2.70. The van der Waals surface area contributed by atoms with Gasteiger partial charge in [0.1, 0.15) is 31.2 Å². The summed E-state index contributed by atoms with van der Waals surface area (Å²) in [5.41, 5.74) is -2.86. The van der Waals surface area contributed by atoms with Crippen LogP contribution in [0.2, 0.25) is 0 Å². The zero-order valence-corrected chi connectivity index (χ0v) is 22.7. The SMILES string of the molecule is C[C@@H]1O[C@H](O[C@@H]2CC[C@]3(C=O)[C@@H]4CC[C@]5(C)[C@H](C6=CC(=O)OC6)CC[C@]5(O)[C@@H]4CC[C@]3(O)C2)[C@H](O)[C@H](O)[C@H]1O. The number of rotatable bonds is 4. The standard InChI is InChI=1S/C29H42O10/c1-15-22(32)23(33)24(34)25(38-15)39-17-3-8-27(14-30)19-4-7-26(2)18(16-11-21(31)37-13-16)6-10-29(26,36)20(19)5-9-28(27,35)12-17/h11,14-15,17-20,22-25,32-36H,3-10,12-13H2,1-2H3/t15-,17+,18-,19+,20+,22-,23+,24+,25+,26+,27-,28-,29-/m0/s1. The van der Waals surface area contributed by atoms with Crippen molar-refractivity contribution in [2.24, 2.45) is 28.6 Å². The molecule has 0 amide bonds. The van der Waals surface area contributed by atoms with Gasteiger partial charge in [-0.3, -0.25) is 0 Å². The topological polar surface area (TPSA) is 163 Å². The Kier molecular flexibility index (Phi) is 6.62. The van der Waals surface area contributed by atoms with Gasteiger partial charge in [0.2, 0.25) is 0 Å². The maximum Gasteiger partial charge on any atom is 0.331 e. The van der Waals surface area contributed by atoms with Gasteiger partial charge >= 0.3 is 5.97 Å². The summed E-state index contributed by atoms with van der Waals surface area (Å²) in [4.78, 5) is 24.8. The van der Waals surface area contributed by atoms with Gasteiger partial charge in [-0.15, -0.1) is 0 Å². The lowest BCUT2D eigenvalue weighted by Crippen LogP contribution is -2.69. The van der Waals surface area contributed by atoms with Crippen LogP contribution in [0.4, 0.5) is 0 Å². The molecule has 6 aliphatic rings. The van der Waals surface area contributed by atoms with E-state index in [1.807, 2.05) is 0 Å². The fraction of sp³-hybridized carbons (Fsp3) is 0.862. The van der Waals surface area contributed by atoms with Crippen molar-refractivity contribution in [3.63, 3.8) is 0 Å². The number of cyclic esters (lactones) is 1. The number of hydrogen-bond donors (Lipinski definition) is 5. The van der Waals surface area contributed by atoms with Crippen LogP contribution in [0.5, 0.6) is 0 Å². The highest BCUT2D eigenvalue weighted by molar-refractivity contribution is 5.85. The Bertz CT molecular complexity index is 1050. The summed E-state index contributed by atoms with van der Waals surface area (Å²) in [6, 6.07) is 0. The van der Waals surface area contributed by atoms with E-state index in [1.54, 1.807) is 13.0 Å². The van der Waals surface area contributed by atoms with Gasteiger partial charge in [-0.25, -0.2) is 4.79 Å². The van der Waals surface area contributed by atoms with E-state index in [2.05, 4.69) is 6.92 Å². The van der Waals surface area contributed by atoms with Gasteiger partial charge in [0.05, 0.1) is 28.8 Å². The Hall–Kier alpha value is -1.40. The zero-order chi connectivity index (χ0) is 28.0. The van der Waals surface area contributed by atoms with E-state index in [0.29, 0.717) is 44.9 Å². The predicted molar refractivity (Wildman–Crippen MR) is 135 cm³/mol. The van der Waals surface area contributed by atoms with Gasteiger partial charge in [0, 0.05) is 17.9 Å². The molecular formula is C29H42O10. The van der Waals surface area contributed by atoms with Crippen LogP contribution in [0.3, 0.4) is 0 Å². The molecule has 4 saturated carbocycles. The van der Waals surface area contributed by atoms with Crippen molar-refractivity contribution in [2.45, 2.75) is 120 Å². The van der Waals surface area contributed by atoms with E-state index >= 15 is 0 Å². The van der Waals surface area contributed by atoms with Crippen LogP contribution < -0.4 is 0 Å². The largest absolute Gasteiger partial charge is 0.458 e. The minimum atomic E-state index is -1.43. The van der Waals surface area contributed by atoms with Crippen LogP contribution in [0.1, 0.15) is 71.6 Å². The van der Waals surface area contributed by atoms with Gasteiger partial charge in [0.15, 0.2) is 6.29 Å². The minimum Gasteiger partial charge on any atom is -0.458 e. The molecule has 0 aromatic carbocycles. The number of esters is 1. The van der Waals surface area contributed by atoms with Crippen LogP contribution in [-0.4, -0.2) is 92.4 Å². The zero-order valence-electron chi connectivity index (χ0n) is 22.7. The summed E-state index contributed by atoms with van der Waals surface area (Å²) in [7, 11) is 0. The molecular weight excluding hydrogens is 508 g/mol. The summed E-state index contributed by atoms with van der Waals surface area (Å²) in [5, 5.41) is 55.0. The first-order valence-electron chi connectivity index (χ1n) is 14.5. The van der Waals surface area contributed by atoms with Crippen molar-refractivity contribution in [1.82, 2.24) is 0 Å². The third kappa shape index (κ3) is 3.78. The van der Waals surface area contributed by atoms with Crippen molar-refractivity contribution in [1.29, 1.82) is 0 Å². The molecule has 218 valence electrons. The lowest BCUT2D eigenvalue weighted by Gasteiger charge is -2.65. The molecule has 4 aliphatic carbocycles. The summed E-state index contributed by atoms with van der Waals surface area (Å²) in [6.45, 7) is 3.98. The molecule has 0 bridgehead atoms. The molecule has 1 saturated heterocycles. The van der Waals surface area contributed by atoms with Gasteiger partial charge < -0.3 is 44.5 Å². The Morgan fingerprint density at radius 3 is 2.41 bits per heavy atom. The van der Waals surface area contributed by atoms with Gasteiger partial charge in [-0.2, -0.15) is 0 Å². The number of fused-ring (bicyclic) bond motifs is 5. The van der Waals surface area contributed by atoms with E-state index in [-0.39, 0.29) is 36.8 Å². The maximum absolute atomic E-state index is 13.0. The van der Waals surface area contributed by atoms with Crippen molar-refractivity contribution in [3.8, 4) is 0 Å². The summed E-state index contributed by atoms with van der Waals surface area (Å²) in [5.74, 6) is -0.616. The first kappa shape index (κ1) is 27.8. The molecule has 0 spiro atoms. The molecule has 2 aliphatic heterocycles. The lowest BCUT2D eigenvalue weighted by atomic mass is 9.41. The van der Waals surface area contributed by atoms with E-state index in [9.17, 15) is 35.1 Å². The van der Waals surface area contributed by atoms with Gasteiger partial charge in [0.25, 0.3) is 0 Å². The third-order valence-electron chi connectivity index (χ3n) is 12.0. The Morgan fingerprint density at radius 1 is 0.974 bits per heavy atom. The van der Waals surface area contributed by atoms with E-state index in [0.717, 1.165) is 18.3 Å². The molecule has 0 unspecified atom stereocenters. The average molecular weight is 551 g/mol. The molecule has 39 heavy (non-hydrogen) atoms. The lowest BCUT2D eigenvalue weighted by molar-refractivity contribution is -0.317. The van der Waals surface area contributed by atoms with Crippen molar-refractivity contribution in [3.05, 3.63) is 11.6 Å². The van der Waals surface area contributed by atoms with Crippen LogP contribution >= 0.6 is 0 Å². The van der Waals surface area contributed by atoms with E-state index < -0.39 is 58.8 Å². The molecule has 0 aromatic heterocycles. The Labute approximate surface area is 228 Å². The summed E-state index contributed by atoms with van der Waals surface area (Å²) < 4.78 is 16.9. The first-order chi connectivity index (χ1) is 18.4. The number of ether oxygens (including phenoxy) is 3. The monoisotopic (exact) mass is 550 g/mol. The van der Waals surface area contributed by atoms with Crippen molar-refractivity contribution >= 4 is 12.3 Å². The van der Waals surface area contributed by atoms with E-state index in [4.69, 9.17) is 14.2 Å². The number of hydrogen-bond acceptors (Lipinski definition) is 10. The molecule has 0 radical (unpaired) electrons. The quantitative estimate of drug-likeness (QED) is 0.192. The van der Waals surface area contributed by atoms with Crippen LogP contribution in [0.25, 0.3) is 0 Å². The molecule has 5 fully saturated rings. The van der Waals surface area contributed by atoms with E-state index in [1.165, 1.54) is 0 Å². The molecule has 10 nitrogen and oxygen atoms in total. The first-order valence-corrected chi connectivity index (χ1v) is 14.5. The second-order valence-corrected chi connectivity index (χ2v) is 13.4. The number of aliphatic hydroxyl groups is 5. The van der Waals surface area contributed by atoms with Gasteiger partial charge in [-0.1, -0.05) is 6.92 Å². The van der Waals surface area contributed by atoms with Crippen molar-refractivity contribution < 1.29 is 49.3 Å². The molecule has 13 atom stereocenters. The summed E-state index contributed by atoms with van der Waals surface area (Å²) in [6.07, 6.45) is 0.689. The normalized spacial score (nSPS) is 55.2. The molecule has 0 aromatic rings. The second kappa shape index (κ2) is 9.31. The summed E-state index contributed by atoms with van der Waals surface area (Å²) >= 11 is 0. The fourth-order valence-electron chi connectivity index (χ4n) is 9.75. The predicted octanol–water partition coefficient (Wildman–Crippen LogP) is 0.750. The van der Waals surface area contributed by atoms with Crippen LogP contribution in [0, 0.1) is 28.6 Å². The van der Waals surface area contributed by atoms with Crippen LogP contribution in [-0.2, 0) is 23.8 Å². The molecule has 10 heteroatoms. The van der Waals surface area contributed by atoms with Gasteiger partial charge in [-0.05, 0) is 81.6 Å². The number of aldehydes is 1. The minimum absolute atomic E-state index is 0.0465. The fourth-order valence-corrected chi connectivity index (χ4v) is 9.75. The third-order valence-corrected chi connectivity index (χ3v) is 12.0. The smallest absolute Gasteiger partial charge is 0.331 e. The number of aliphatic hydroxyl groups excluding tert-OH is 3. The molecule has 6 rings (SSSR count). The highest BCUT2D eigenvalue weighted by Gasteiger charge is 2.71. The maximum atomic E-state index is 13.0. The Morgan fingerprint density at radius 2 is 1.72 bits per heavy atom. The second-order valence-electron chi connectivity index (χ2n) is 13.4. The number of carbonyl (C=O) groups excluding carboxylic acids is 2. The van der Waals surface area contributed by atoms with Crippen molar-refractivity contribution in [2.75, 3.05) is 6.61 Å². The van der Waals surface area contributed by atoms with Crippen LogP contribution in [0.15, 0.2) is 11.6 Å².